The maximum atomic E-state index is 12.8. The van der Waals surface area contributed by atoms with Crippen molar-refractivity contribution in [2.75, 3.05) is 19.0 Å². The molecule has 3 amide bonds. The van der Waals surface area contributed by atoms with Crippen molar-refractivity contribution in [1.29, 1.82) is 0 Å². The number of anilines is 1. The Labute approximate surface area is 166 Å². The number of carbonyl (C=O) groups excluding carboxylic acids is 2. The van der Waals surface area contributed by atoms with Gasteiger partial charge in [0.2, 0.25) is 0 Å². The fourth-order valence-corrected chi connectivity index (χ4v) is 2.88. The summed E-state index contributed by atoms with van der Waals surface area (Å²) >= 11 is 0. The molecule has 0 aromatic heterocycles. The summed E-state index contributed by atoms with van der Waals surface area (Å²) in [5.41, 5.74) is 0.778. The van der Waals surface area contributed by atoms with Crippen LogP contribution in [0.4, 0.5) is 19.3 Å². The van der Waals surface area contributed by atoms with Crippen molar-refractivity contribution in [3.05, 3.63) is 59.7 Å². The highest BCUT2D eigenvalue weighted by Crippen LogP contribution is 2.30. The Hall–Kier alpha value is -3.49. The van der Waals surface area contributed by atoms with Crippen molar-refractivity contribution in [2.45, 2.75) is 19.1 Å². The minimum absolute atomic E-state index is 0.0415. The van der Waals surface area contributed by atoms with Gasteiger partial charge in [-0.25, -0.2) is 4.79 Å². The van der Waals surface area contributed by atoms with Gasteiger partial charge in [0.1, 0.15) is 11.3 Å². The first-order chi connectivity index (χ1) is 13.7. The lowest BCUT2D eigenvalue weighted by atomic mass is 9.92. The second kappa shape index (κ2) is 7.86. The number of amides is 3. The van der Waals surface area contributed by atoms with Crippen LogP contribution in [0.1, 0.15) is 18.1 Å². The van der Waals surface area contributed by atoms with Crippen LogP contribution in [0.25, 0.3) is 0 Å². The molecule has 1 saturated heterocycles. The van der Waals surface area contributed by atoms with Gasteiger partial charge in [-0.3, -0.25) is 4.79 Å². The molecule has 0 spiro atoms. The number of urea groups is 1. The summed E-state index contributed by atoms with van der Waals surface area (Å²) in [6, 6.07) is 12.3. The SMILES string of the molecule is CN(C)c1ccc(/C=N/N2C(=O)NC(C)(c3ccc(OC(F)F)cc3)C2=O)cc1. The maximum absolute atomic E-state index is 12.8. The average Bonchev–Trinajstić information content (AvgIpc) is 2.90. The molecule has 2 aromatic carbocycles. The van der Waals surface area contributed by atoms with Crippen molar-refractivity contribution < 1.29 is 23.1 Å². The summed E-state index contributed by atoms with van der Waals surface area (Å²) in [7, 11) is 3.84. The molecule has 3 rings (SSSR count). The van der Waals surface area contributed by atoms with Crippen LogP contribution in [-0.2, 0) is 10.3 Å². The van der Waals surface area contributed by atoms with Crippen LogP contribution in [0.15, 0.2) is 53.6 Å². The average molecular weight is 402 g/mol. The van der Waals surface area contributed by atoms with Crippen LogP contribution in [0.5, 0.6) is 5.75 Å². The van der Waals surface area contributed by atoms with Gasteiger partial charge in [-0.2, -0.15) is 13.9 Å². The normalized spacial score (nSPS) is 19.2. The van der Waals surface area contributed by atoms with Gasteiger partial charge in [-0.1, -0.05) is 24.3 Å². The zero-order chi connectivity index (χ0) is 21.2. The van der Waals surface area contributed by atoms with Crippen LogP contribution in [0.2, 0.25) is 0 Å². The zero-order valence-corrected chi connectivity index (χ0v) is 16.1. The number of carbonyl (C=O) groups is 2. The van der Waals surface area contributed by atoms with E-state index in [0.29, 0.717) is 5.56 Å². The largest absolute Gasteiger partial charge is 0.435 e. The van der Waals surface area contributed by atoms with Crippen LogP contribution in [-0.4, -0.2) is 43.9 Å². The summed E-state index contributed by atoms with van der Waals surface area (Å²) < 4.78 is 28.9. The molecular formula is C20H20F2N4O3. The predicted octanol–water partition coefficient (Wildman–Crippen LogP) is 3.16. The number of rotatable bonds is 6. The zero-order valence-electron chi connectivity index (χ0n) is 16.1. The number of hydrogen-bond donors (Lipinski definition) is 1. The number of imide groups is 1. The van der Waals surface area contributed by atoms with E-state index in [2.05, 4.69) is 15.2 Å². The third kappa shape index (κ3) is 4.18. The van der Waals surface area contributed by atoms with Crippen LogP contribution in [0, 0.1) is 0 Å². The lowest BCUT2D eigenvalue weighted by molar-refractivity contribution is -0.131. The van der Waals surface area contributed by atoms with Crippen LogP contribution < -0.4 is 15.0 Å². The minimum atomic E-state index is -2.94. The molecule has 0 aliphatic carbocycles. The summed E-state index contributed by atoms with van der Waals surface area (Å²) in [6.07, 6.45) is 1.42. The second-order valence-electron chi connectivity index (χ2n) is 6.81. The smallest absolute Gasteiger partial charge is 0.387 e. The van der Waals surface area contributed by atoms with Gasteiger partial charge < -0.3 is 15.0 Å². The van der Waals surface area contributed by atoms with Gasteiger partial charge in [0.05, 0.1) is 6.21 Å². The molecule has 1 unspecified atom stereocenters. The molecule has 0 radical (unpaired) electrons. The molecule has 152 valence electrons. The van der Waals surface area contributed by atoms with E-state index in [4.69, 9.17) is 0 Å². The van der Waals surface area contributed by atoms with Crippen molar-refractivity contribution in [3.8, 4) is 5.75 Å². The molecule has 2 aromatic rings. The van der Waals surface area contributed by atoms with E-state index < -0.39 is 24.1 Å². The third-order valence-corrected chi connectivity index (χ3v) is 4.56. The monoisotopic (exact) mass is 402 g/mol. The fraction of sp³-hybridized carbons (Fsp3) is 0.250. The standard InChI is InChI=1S/C20H20F2N4O3/c1-20(14-6-10-16(11-7-14)29-18(21)22)17(27)26(19(28)24-20)23-12-13-4-8-15(9-5-13)25(2)3/h4-12,18H,1-3H3,(H,24,28)/b23-12+. The number of alkyl halides is 2. The predicted molar refractivity (Wildman–Crippen MR) is 104 cm³/mol. The lowest BCUT2D eigenvalue weighted by Crippen LogP contribution is -2.40. The molecular weight excluding hydrogens is 382 g/mol. The molecule has 1 heterocycles. The number of benzene rings is 2. The van der Waals surface area contributed by atoms with E-state index in [1.54, 1.807) is 0 Å². The summed E-state index contributed by atoms with van der Waals surface area (Å²) in [5.74, 6) is -0.619. The molecule has 9 heteroatoms. The Morgan fingerprint density at radius 1 is 1.10 bits per heavy atom. The second-order valence-corrected chi connectivity index (χ2v) is 6.81. The molecule has 1 N–H and O–H groups in total. The van der Waals surface area contributed by atoms with E-state index in [-0.39, 0.29) is 5.75 Å². The topological polar surface area (TPSA) is 74.2 Å². The van der Waals surface area contributed by atoms with Gasteiger partial charge in [0.25, 0.3) is 5.91 Å². The quantitative estimate of drug-likeness (QED) is 0.595. The molecule has 7 nitrogen and oxygen atoms in total. The van der Waals surface area contributed by atoms with Crippen LogP contribution >= 0.6 is 0 Å². The lowest BCUT2D eigenvalue weighted by Gasteiger charge is -2.21. The highest BCUT2D eigenvalue weighted by atomic mass is 19.3. The van der Waals surface area contributed by atoms with Gasteiger partial charge in [-0.05, 0) is 42.3 Å². The van der Waals surface area contributed by atoms with E-state index in [9.17, 15) is 18.4 Å². The highest BCUT2D eigenvalue weighted by molar-refractivity contribution is 6.07. The fourth-order valence-electron chi connectivity index (χ4n) is 2.88. The number of ether oxygens (including phenoxy) is 1. The van der Waals surface area contributed by atoms with Crippen molar-refractivity contribution in [3.63, 3.8) is 0 Å². The Kier molecular flexibility index (Phi) is 5.49. The number of halogens is 2. The number of nitrogens with one attached hydrogen (secondary N) is 1. The van der Waals surface area contributed by atoms with Crippen LogP contribution in [0.3, 0.4) is 0 Å². The molecule has 1 atom stereocenters. The van der Waals surface area contributed by atoms with Crippen molar-refractivity contribution >= 4 is 23.8 Å². The number of nitrogens with zero attached hydrogens (tertiary/aromatic N) is 3. The number of hydrazone groups is 1. The van der Waals surface area contributed by atoms with Crippen molar-refractivity contribution in [2.24, 2.45) is 5.10 Å². The molecule has 1 fully saturated rings. The van der Waals surface area contributed by atoms with E-state index >= 15 is 0 Å². The highest BCUT2D eigenvalue weighted by Gasteiger charge is 2.49. The van der Waals surface area contributed by atoms with E-state index in [1.165, 1.54) is 37.4 Å². The Morgan fingerprint density at radius 3 is 2.28 bits per heavy atom. The van der Waals surface area contributed by atoms with Gasteiger partial charge in [-0.15, -0.1) is 5.01 Å². The molecule has 0 bridgehead atoms. The van der Waals surface area contributed by atoms with Crippen molar-refractivity contribution in [1.82, 2.24) is 10.3 Å². The third-order valence-electron chi connectivity index (χ3n) is 4.56. The maximum Gasteiger partial charge on any atom is 0.387 e. The van der Waals surface area contributed by atoms with E-state index in [1.807, 2.05) is 43.3 Å². The first-order valence-electron chi connectivity index (χ1n) is 8.74. The molecule has 1 aliphatic heterocycles. The number of hydrogen-bond acceptors (Lipinski definition) is 5. The molecule has 29 heavy (non-hydrogen) atoms. The van der Waals surface area contributed by atoms with Gasteiger partial charge in [0.15, 0.2) is 0 Å². The minimum Gasteiger partial charge on any atom is -0.435 e. The first-order valence-corrected chi connectivity index (χ1v) is 8.74. The summed E-state index contributed by atoms with van der Waals surface area (Å²) in [5, 5.41) is 7.37. The Morgan fingerprint density at radius 2 is 1.72 bits per heavy atom. The summed E-state index contributed by atoms with van der Waals surface area (Å²) in [4.78, 5) is 27.1. The van der Waals surface area contributed by atoms with Gasteiger partial charge in [0, 0.05) is 19.8 Å². The Balaban J connectivity index is 1.77. The molecule has 1 aliphatic rings. The summed E-state index contributed by atoms with van der Waals surface area (Å²) in [6.45, 7) is -1.42. The van der Waals surface area contributed by atoms with Gasteiger partial charge >= 0.3 is 12.6 Å². The first kappa shape index (κ1) is 20.2. The Bertz CT molecular complexity index is 930. The van der Waals surface area contributed by atoms with E-state index in [0.717, 1.165) is 16.3 Å². The molecule has 0 saturated carbocycles.